The molecule has 3 aliphatic rings. The number of pyridine rings is 1. The summed E-state index contributed by atoms with van der Waals surface area (Å²) < 4.78 is 52.8. The first-order valence-corrected chi connectivity index (χ1v) is 22.4. The quantitative estimate of drug-likeness (QED) is 0.263. The van der Waals surface area contributed by atoms with Crippen LogP contribution in [0.5, 0.6) is 0 Å². The largest absolute Gasteiger partial charge is 0.458 e. The zero-order chi connectivity index (χ0) is 46.4. The lowest BCUT2D eigenvalue weighted by atomic mass is 9.75. The van der Waals surface area contributed by atoms with Crippen molar-refractivity contribution >= 4 is 5.97 Å². The number of aliphatic hydroxyl groups is 3. The Labute approximate surface area is 373 Å². The SMILES string of the molecule is CO[C@]1(C)C[C@@H](C)[C@H](O)[C@H](C)CN(C)C[C@H](COCc2cn(-c3ccccn3)nn2)OC(=O)[C@H](C)[C@@H](O[C@H]2C[C@@](C)(OC)[C@@H](O)[C@H](C)O2)[C@H](C)[C@H]1O[C@@H]1O[C@H](C)C[C@H](N(C)C)[C@H]1O. The molecule has 5 rings (SSSR count). The zero-order valence-corrected chi connectivity index (χ0v) is 39.7. The molecule has 3 fully saturated rings. The second kappa shape index (κ2) is 22.2. The molecular weight excluding hydrogens is 817 g/mol. The lowest BCUT2D eigenvalue weighted by Crippen LogP contribution is -2.61. The summed E-state index contributed by atoms with van der Waals surface area (Å²) in [6.07, 6.45) is -3.63. The molecule has 0 amide bonds. The number of hydrogen-bond donors (Lipinski definition) is 3. The number of hydrogen-bond acceptors (Lipinski definition) is 17. The Kier molecular flexibility index (Phi) is 18.0. The molecule has 5 heterocycles. The predicted octanol–water partition coefficient (Wildman–Crippen LogP) is 2.83. The van der Waals surface area contributed by atoms with Crippen molar-refractivity contribution in [2.24, 2.45) is 23.7 Å². The van der Waals surface area contributed by atoms with Gasteiger partial charge >= 0.3 is 5.97 Å². The maximum Gasteiger partial charge on any atom is 0.311 e. The fourth-order valence-corrected chi connectivity index (χ4v) is 9.71. The third-order valence-corrected chi connectivity index (χ3v) is 13.5. The lowest BCUT2D eigenvalue weighted by molar-refractivity contribution is -0.319. The topological polar surface area (TPSA) is 202 Å². The zero-order valence-electron chi connectivity index (χ0n) is 39.7. The summed E-state index contributed by atoms with van der Waals surface area (Å²) in [6.45, 7) is 16.0. The first-order valence-electron chi connectivity index (χ1n) is 22.4. The molecule has 0 bridgehead atoms. The summed E-state index contributed by atoms with van der Waals surface area (Å²) in [6, 6.07) is 5.25. The van der Waals surface area contributed by atoms with Gasteiger partial charge in [0.1, 0.15) is 24.0 Å². The van der Waals surface area contributed by atoms with Crippen molar-refractivity contribution in [2.75, 3.05) is 55.1 Å². The van der Waals surface area contributed by atoms with E-state index in [1.165, 1.54) is 7.11 Å². The van der Waals surface area contributed by atoms with Crippen molar-refractivity contribution in [1.29, 1.82) is 0 Å². The molecule has 3 N–H and O–H groups in total. The van der Waals surface area contributed by atoms with E-state index in [1.54, 1.807) is 45.0 Å². The van der Waals surface area contributed by atoms with Crippen LogP contribution >= 0.6 is 0 Å². The Morgan fingerprint density at radius 3 is 2.29 bits per heavy atom. The molecule has 0 unspecified atom stereocenters. The minimum absolute atomic E-state index is 0.0383. The van der Waals surface area contributed by atoms with Gasteiger partial charge in [-0.05, 0) is 92.6 Å². The van der Waals surface area contributed by atoms with Crippen molar-refractivity contribution in [3.8, 4) is 5.82 Å². The lowest BCUT2D eigenvalue weighted by Gasteiger charge is -2.49. The van der Waals surface area contributed by atoms with Crippen molar-refractivity contribution in [3.05, 3.63) is 36.3 Å². The summed E-state index contributed by atoms with van der Waals surface area (Å²) >= 11 is 0. The van der Waals surface area contributed by atoms with E-state index in [0.717, 1.165) is 0 Å². The summed E-state index contributed by atoms with van der Waals surface area (Å²) in [4.78, 5) is 23.0. The number of methoxy groups -OCH3 is 2. The van der Waals surface area contributed by atoms with Gasteiger partial charge in [-0.1, -0.05) is 32.1 Å². The van der Waals surface area contributed by atoms with E-state index in [0.29, 0.717) is 37.4 Å². The van der Waals surface area contributed by atoms with Crippen molar-refractivity contribution in [2.45, 2.75) is 160 Å². The molecule has 0 saturated carbocycles. The van der Waals surface area contributed by atoms with Crippen LogP contribution < -0.4 is 0 Å². The summed E-state index contributed by atoms with van der Waals surface area (Å²) in [7, 11) is 8.89. The van der Waals surface area contributed by atoms with Gasteiger partial charge in [-0.25, -0.2) is 9.67 Å². The number of ether oxygens (including phenoxy) is 8. The average molecular weight is 893 g/mol. The second-order valence-corrected chi connectivity index (χ2v) is 19.1. The van der Waals surface area contributed by atoms with E-state index in [9.17, 15) is 20.1 Å². The van der Waals surface area contributed by atoms with Gasteiger partial charge in [0.05, 0.1) is 67.1 Å². The van der Waals surface area contributed by atoms with Crippen LogP contribution in [0.4, 0.5) is 0 Å². The predicted molar refractivity (Wildman–Crippen MR) is 231 cm³/mol. The third-order valence-electron chi connectivity index (χ3n) is 13.5. The number of carbonyl (C=O) groups is 1. The fraction of sp³-hybridized carbons (Fsp3) is 0.822. The molecule has 0 radical (unpaired) electrons. The minimum Gasteiger partial charge on any atom is -0.458 e. The fourth-order valence-electron chi connectivity index (χ4n) is 9.71. The molecule has 18 nitrogen and oxygen atoms in total. The van der Waals surface area contributed by atoms with Crippen LogP contribution in [-0.4, -0.2) is 185 Å². The smallest absolute Gasteiger partial charge is 0.311 e. The monoisotopic (exact) mass is 893 g/mol. The number of rotatable bonds is 12. The third kappa shape index (κ3) is 12.6. The van der Waals surface area contributed by atoms with Crippen molar-refractivity contribution in [1.82, 2.24) is 29.8 Å². The molecular formula is C45H76N6O12. The molecule has 0 spiro atoms. The number of cyclic esters (lactones) is 1. The van der Waals surface area contributed by atoms with Crippen LogP contribution in [0.25, 0.3) is 5.82 Å². The van der Waals surface area contributed by atoms with Gasteiger partial charge in [0.25, 0.3) is 0 Å². The molecule has 2 aromatic rings. The van der Waals surface area contributed by atoms with Crippen LogP contribution in [0.2, 0.25) is 0 Å². The van der Waals surface area contributed by atoms with Crippen molar-refractivity contribution in [3.63, 3.8) is 0 Å². The molecule has 18 heteroatoms. The van der Waals surface area contributed by atoms with Crippen molar-refractivity contribution < 1.29 is 58.0 Å². The maximum absolute atomic E-state index is 14.7. The van der Waals surface area contributed by atoms with E-state index in [1.807, 2.05) is 83.8 Å². The van der Waals surface area contributed by atoms with Crippen LogP contribution in [0, 0.1) is 23.7 Å². The number of nitrogens with zero attached hydrogens (tertiary/aromatic N) is 6. The van der Waals surface area contributed by atoms with Gasteiger partial charge in [-0.2, -0.15) is 0 Å². The maximum atomic E-state index is 14.7. The number of aliphatic hydroxyl groups excluding tert-OH is 3. The van der Waals surface area contributed by atoms with Gasteiger partial charge in [0.2, 0.25) is 0 Å². The Hall–Kier alpha value is -2.72. The molecule has 3 aliphatic heterocycles. The highest BCUT2D eigenvalue weighted by Gasteiger charge is 2.52. The van der Waals surface area contributed by atoms with Crippen LogP contribution in [-0.2, 0) is 49.3 Å². The summed E-state index contributed by atoms with van der Waals surface area (Å²) in [5, 5.41) is 43.2. The molecule has 0 aliphatic carbocycles. The normalized spacial score (nSPS) is 40.6. The number of esters is 1. The van der Waals surface area contributed by atoms with Crippen LogP contribution in [0.15, 0.2) is 30.6 Å². The molecule has 358 valence electrons. The number of carbonyl (C=O) groups excluding carboxylic acids is 1. The molecule has 2 aromatic heterocycles. The highest BCUT2D eigenvalue weighted by molar-refractivity contribution is 5.73. The van der Waals surface area contributed by atoms with Gasteiger partial charge in [-0.15, -0.1) is 5.10 Å². The minimum atomic E-state index is -1.11. The molecule has 17 atom stereocenters. The Bertz CT molecular complexity index is 1710. The molecule has 0 aromatic carbocycles. The Morgan fingerprint density at radius 2 is 1.63 bits per heavy atom. The first-order chi connectivity index (χ1) is 29.7. The number of aromatic nitrogens is 4. The first kappa shape index (κ1) is 51.3. The van der Waals surface area contributed by atoms with E-state index < -0.39 is 84.3 Å². The average Bonchev–Trinajstić information content (AvgIpc) is 3.72. The van der Waals surface area contributed by atoms with Gasteiger partial charge in [-0.3, -0.25) is 4.79 Å². The Balaban J connectivity index is 1.51. The Morgan fingerprint density at radius 1 is 0.921 bits per heavy atom. The number of likely N-dealkylation sites (N-methyl/N-ethyl adjacent to an activating group) is 2. The standard InChI is InChI=1S/C45H76N6O12/c1-26-19-45(8,57-13)41(63-43-38(53)34(49(9)10)18-28(3)59-43)29(4)39(62-36-20-44(7,56-12)40(54)31(6)60-36)30(5)42(55)61-33(23-50(11)21-27(2)37(26)52)25-58-24-32-22-51(48-47-32)35-16-14-15-17-46-35/h14-17,22,26-31,33-34,36-41,43,52-54H,18-21,23-25H2,1-13H3/t26-,27-,28-,29+,30-,31+,33-,34+,36+,37+,38-,39+,40+,41-,43+,44-,45-/m1/s1. The van der Waals surface area contributed by atoms with Gasteiger partial charge < -0.3 is 63.0 Å². The van der Waals surface area contributed by atoms with Gasteiger partial charge in [0, 0.05) is 51.9 Å². The highest BCUT2D eigenvalue weighted by Crippen LogP contribution is 2.41. The summed E-state index contributed by atoms with van der Waals surface area (Å²) in [5.74, 6) is -1.99. The van der Waals surface area contributed by atoms with E-state index in [2.05, 4.69) is 15.3 Å². The van der Waals surface area contributed by atoms with E-state index in [4.69, 9.17) is 37.9 Å². The summed E-state index contributed by atoms with van der Waals surface area (Å²) in [5.41, 5.74) is -1.55. The molecule has 63 heavy (non-hydrogen) atoms. The van der Waals surface area contributed by atoms with E-state index >= 15 is 0 Å². The highest BCUT2D eigenvalue weighted by atomic mass is 16.7. The molecule has 3 saturated heterocycles. The second-order valence-electron chi connectivity index (χ2n) is 19.1. The van der Waals surface area contributed by atoms with Gasteiger partial charge in [0.15, 0.2) is 18.4 Å². The van der Waals surface area contributed by atoms with Crippen LogP contribution in [0.3, 0.4) is 0 Å². The van der Waals surface area contributed by atoms with E-state index in [-0.39, 0.29) is 43.6 Å². The van der Waals surface area contributed by atoms with Crippen LogP contribution in [0.1, 0.15) is 80.3 Å².